The van der Waals surface area contributed by atoms with E-state index in [1.54, 1.807) is 30.5 Å². The van der Waals surface area contributed by atoms with Crippen molar-refractivity contribution in [3.05, 3.63) is 46.8 Å². The van der Waals surface area contributed by atoms with Gasteiger partial charge in [-0.1, -0.05) is 23.2 Å². The molecule has 1 unspecified atom stereocenters. The molecule has 1 fully saturated rings. The maximum atomic E-state index is 12.5. The Bertz CT molecular complexity index is 838. The molecule has 2 aromatic heterocycles. The lowest BCUT2D eigenvalue weighted by atomic mass is 9.95. The number of amides is 2. The summed E-state index contributed by atoms with van der Waals surface area (Å²) in [6, 6.07) is 6.44. The number of pyridine rings is 2. The van der Waals surface area contributed by atoms with Crippen LogP contribution < -0.4 is 10.6 Å². The first-order valence-electron chi connectivity index (χ1n) is 9.02. The molecule has 0 aromatic carbocycles. The molecule has 148 valence electrons. The van der Waals surface area contributed by atoms with Crippen LogP contribution in [-0.4, -0.2) is 45.8 Å². The summed E-state index contributed by atoms with van der Waals surface area (Å²) in [7, 11) is 0. The van der Waals surface area contributed by atoms with Gasteiger partial charge in [-0.3, -0.25) is 14.5 Å². The highest BCUT2D eigenvalue weighted by Gasteiger charge is 2.30. The minimum Gasteiger partial charge on any atom is -0.322 e. The molecule has 0 radical (unpaired) electrons. The SMILES string of the molecule is CC(C(=O)Nc1cccnc1Cl)N1CCC(C(=O)Nc2ccc(Cl)cn2)CC1. The Balaban J connectivity index is 1.50. The van der Waals surface area contributed by atoms with Crippen LogP contribution in [0.15, 0.2) is 36.7 Å². The molecule has 1 atom stereocenters. The topological polar surface area (TPSA) is 87.2 Å². The molecule has 1 saturated heterocycles. The second-order valence-electron chi connectivity index (χ2n) is 6.67. The van der Waals surface area contributed by atoms with E-state index in [-0.39, 0.29) is 28.9 Å². The fourth-order valence-corrected chi connectivity index (χ4v) is 3.39. The van der Waals surface area contributed by atoms with Gasteiger partial charge in [0, 0.05) is 18.3 Å². The van der Waals surface area contributed by atoms with Crippen molar-refractivity contribution < 1.29 is 9.59 Å². The Kier molecular flexibility index (Phi) is 6.83. The molecule has 0 spiro atoms. The summed E-state index contributed by atoms with van der Waals surface area (Å²) in [6.45, 7) is 3.15. The number of nitrogens with one attached hydrogen (secondary N) is 2. The van der Waals surface area contributed by atoms with Crippen molar-refractivity contribution in [2.75, 3.05) is 23.7 Å². The zero-order valence-corrected chi connectivity index (χ0v) is 16.9. The lowest BCUT2D eigenvalue weighted by Crippen LogP contribution is -2.47. The number of nitrogens with zero attached hydrogens (tertiary/aromatic N) is 3. The average molecular weight is 422 g/mol. The summed E-state index contributed by atoms with van der Waals surface area (Å²) in [6.07, 6.45) is 4.40. The van der Waals surface area contributed by atoms with Gasteiger partial charge in [-0.15, -0.1) is 0 Å². The summed E-state index contributed by atoms with van der Waals surface area (Å²) in [5.74, 6) is 0.159. The quantitative estimate of drug-likeness (QED) is 0.721. The summed E-state index contributed by atoms with van der Waals surface area (Å²) in [4.78, 5) is 35.0. The van der Waals surface area contributed by atoms with Gasteiger partial charge in [-0.2, -0.15) is 0 Å². The van der Waals surface area contributed by atoms with E-state index in [4.69, 9.17) is 23.2 Å². The third-order valence-electron chi connectivity index (χ3n) is 4.82. The zero-order valence-electron chi connectivity index (χ0n) is 15.4. The molecule has 2 amide bonds. The lowest BCUT2D eigenvalue weighted by Gasteiger charge is -2.34. The highest BCUT2D eigenvalue weighted by molar-refractivity contribution is 6.32. The van der Waals surface area contributed by atoms with Crippen LogP contribution in [0.4, 0.5) is 11.5 Å². The minimum absolute atomic E-state index is 0.0614. The number of hydrogen-bond acceptors (Lipinski definition) is 5. The van der Waals surface area contributed by atoms with Crippen molar-refractivity contribution in [1.29, 1.82) is 0 Å². The van der Waals surface area contributed by atoms with Crippen LogP contribution in [0.1, 0.15) is 19.8 Å². The summed E-state index contributed by atoms with van der Waals surface area (Å²) in [5.41, 5.74) is 0.491. The first-order valence-corrected chi connectivity index (χ1v) is 9.77. The normalized spacial score (nSPS) is 16.4. The van der Waals surface area contributed by atoms with E-state index in [0.717, 1.165) is 0 Å². The number of piperidine rings is 1. The van der Waals surface area contributed by atoms with Crippen LogP contribution in [-0.2, 0) is 9.59 Å². The van der Waals surface area contributed by atoms with Crippen molar-refractivity contribution >= 4 is 46.5 Å². The number of carbonyl (C=O) groups excluding carboxylic acids is 2. The van der Waals surface area contributed by atoms with Crippen LogP contribution in [0.5, 0.6) is 0 Å². The minimum atomic E-state index is -0.335. The van der Waals surface area contributed by atoms with Crippen LogP contribution in [0.3, 0.4) is 0 Å². The maximum Gasteiger partial charge on any atom is 0.241 e. The van der Waals surface area contributed by atoms with Gasteiger partial charge < -0.3 is 10.6 Å². The van der Waals surface area contributed by atoms with Gasteiger partial charge in [0.25, 0.3) is 0 Å². The van der Waals surface area contributed by atoms with E-state index < -0.39 is 0 Å². The Hall–Kier alpha value is -2.22. The molecule has 9 heteroatoms. The van der Waals surface area contributed by atoms with Crippen molar-refractivity contribution in [2.24, 2.45) is 5.92 Å². The summed E-state index contributed by atoms with van der Waals surface area (Å²) in [5, 5.41) is 6.40. The fraction of sp³-hybridized carbons (Fsp3) is 0.368. The predicted molar refractivity (Wildman–Crippen MR) is 110 cm³/mol. The second-order valence-corrected chi connectivity index (χ2v) is 7.46. The molecular formula is C19H21Cl2N5O2. The number of likely N-dealkylation sites (tertiary alicyclic amines) is 1. The van der Waals surface area contributed by atoms with Gasteiger partial charge >= 0.3 is 0 Å². The van der Waals surface area contributed by atoms with E-state index in [1.807, 2.05) is 6.92 Å². The van der Waals surface area contributed by atoms with Gasteiger partial charge in [0.1, 0.15) is 5.82 Å². The van der Waals surface area contributed by atoms with E-state index in [0.29, 0.717) is 42.5 Å². The molecule has 7 nitrogen and oxygen atoms in total. The molecule has 1 aliphatic rings. The molecule has 3 heterocycles. The molecular weight excluding hydrogens is 401 g/mol. The number of hydrogen-bond donors (Lipinski definition) is 2. The molecule has 0 saturated carbocycles. The molecule has 0 bridgehead atoms. The smallest absolute Gasteiger partial charge is 0.241 e. The molecule has 0 aliphatic carbocycles. The predicted octanol–water partition coefficient (Wildman–Crippen LogP) is 3.46. The number of carbonyl (C=O) groups is 2. The van der Waals surface area contributed by atoms with Crippen LogP contribution in [0.2, 0.25) is 10.2 Å². The van der Waals surface area contributed by atoms with Crippen molar-refractivity contribution in [1.82, 2.24) is 14.9 Å². The number of rotatable bonds is 5. The van der Waals surface area contributed by atoms with Gasteiger partial charge in [-0.05, 0) is 57.1 Å². The fourth-order valence-electron chi connectivity index (χ4n) is 3.11. The highest BCUT2D eigenvalue weighted by atomic mass is 35.5. The van der Waals surface area contributed by atoms with Crippen molar-refractivity contribution in [2.45, 2.75) is 25.8 Å². The van der Waals surface area contributed by atoms with Gasteiger partial charge in [0.2, 0.25) is 11.8 Å². The molecule has 28 heavy (non-hydrogen) atoms. The third-order valence-corrected chi connectivity index (χ3v) is 5.35. The second kappa shape index (κ2) is 9.32. The van der Waals surface area contributed by atoms with Crippen LogP contribution in [0, 0.1) is 5.92 Å². The Morgan fingerprint density at radius 3 is 2.54 bits per heavy atom. The van der Waals surface area contributed by atoms with E-state index >= 15 is 0 Å². The first kappa shape index (κ1) is 20.5. The number of halogens is 2. The van der Waals surface area contributed by atoms with Gasteiger partial charge in [0.15, 0.2) is 5.15 Å². The third kappa shape index (κ3) is 5.19. The van der Waals surface area contributed by atoms with E-state index in [2.05, 4.69) is 25.5 Å². The van der Waals surface area contributed by atoms with Gasteiger partial charge in [-0.25, -0.2) is 9.97 Å². The number of aromatic nitrogens is 2. The van der Waals surface area contributed by atoms with Crippen molar-refractivity contribution in [3.8, 4) is 0 Å². The summed E-state index contributed by atoms with van der Waals surface area (Å²) < 4.78 is 0. The molecule has 2 N–H and O–H groups in total. The Labute approximate surface area is 173 Å². The zero-order chi connectivity index (χ0) is 20.1. The van der Waals surface area contributed by atoms with Gasteiger partial charge in [0.05, 0.1) is 16.8 Å². The largest absolute Gasteiger partial charge is 0.322 e. The number of anilines is 2. The van der Waals surface area contributed by atoms with Crippen molar-refractivity contribution in [3.63, 3.8) is 0 Å². The van der Waals surface area contributed by atoms with E-state index in [9.17, 15) is 9.59 Å². The first-order chi connectivity index (χ1) is 13.4. The highest BCUT2D eigenvalue weighted by Crippen LogP contribution is 2.22. The Morgan fingerprint density at radius 2 is 1.89 bits per heavy atom. The average Bonchev–Trinajstić information content (AvgIpc) is 2.71. The van der Waals surface area contributed by atoms with Crippen LogP contribution >= 0.6 is 23.2 Å². The van der Waals surface area contributed by atoms with Crippen LogP contribution in [0.25, 0.3) is 0 Å². The van der Waals surface area contributed by atoms with E-state index in [1.165, 1.54) is 6.20 Å². The molecule has 3 rings (SSSR count). The molecule has 2 aromatic rings. The maximum absolute atomic E-state index is 12.5. The standard InChI is InChI=1S/C19H21Cl2N5O2/c1-12(18(27)24-15-3-2-8-22-17(15)21)26-9-6-13(7-10-26)19(28)25-16-5-4-14(20)11-23-16/h2-5,8,11-13H,6-7,9-10H2,1H3,(H,24,27)(H,23,25,28). The monoisotopic (exact) mass is 421 g/mol. The molecule has 1 aliphatic heterocycles. The summed E-state index contributed by atoms with van der Waals surface area (Å²) >= 11 is 11.8. The Morgan fingerprint density at radius 1 is 1.14 bits per heavy atom. The lowest BCUT2D eigenvalue weighted by molar-refractivity contribution is -0.123.